The van der Waals surface area contributed by atoms with Crippen LogP contribution in [0.1, 0.15) is 41.4 Å². The quantitative estimate of drug-likeness (QED) is 0.715. The highest BCUT2D eigenvalue weighted by molar-refractivity contribution is 5.43. The smallest absolute Gasteiger partial charge is 0.171 e. The van der Waals surface area contributed by atoms with Gasteiger partial charge in [0.1, 0.15) is 23.4 Å². The van der Waals surface area contributed by atoms with E-state index in [0.717, 1.165) is 35.7 Å². The third-order valence-electron chi connectivity index (χ3n) is 4.08. The monoisotopic (exact) mass is 320 g/mol. The lowest BCUT2D eigenvalue weighted by molar-refractivity contribution is 0.407. The molecule has 0 spiro atoms. The lowest BCUT2D eigenvalue weighted by Gasteiger charge is -2.09. The van der Waals surface area contributed by atoms with Crippen LogP contribution in [0.2, 0.25) is 0 Å². The van der Waals surface area contributed by atoms with Gasteiger partial charge in [0, 0.05) is 12.0 Å². The molecule has 0 saturated heterocycles. The minimum absolute atomic E-state index is 0.478. The number of aromatic nitrogens is 3. The van der Waals surface area contributed by atoms with Crippen molar-refractivity contribution in [2.75, 3.05) is 0 Å². The number of rotatable bonds is 5. The van der Waals surface area contributed by atoms with Crippen LogP contribution in [0.15, 0.2) is 41.1 Å². The number of nitrogens with zero attached hydrogens (tertiary/aromatic N) is 4. The first kappa shape index (κ1) is 14.5. The van der Waals surface area contributed by atoms with E-state index in [1.165, 1.54) is 0 Å². The summed E-state index contributed by atoms with van der Waals surface area (Å²) in [7, 11) is 0. The van der Waals surface area contributed by atoms with Gasteiger partial charge in [0.25, 0.3) is 0 Å². The number of nitriles is 1. The van der Waals surface area contributed by atoms with Crippen molar-refractivity contribution in [1.29, 1.82) is 5.26 Å². The van der Waals surface area contributed by atoms with Gasteiger partial charge in [0.2, 0.25) is 0 Å². The molecule has 6 nitrogen and oxygen atoms in total. The summed E-state index contributed by atoms with van der Waals surface area (Å²) in [5.74, 6) is 2.00. The largest absolute Gasteiger partial charge is 0.453 e. The molecule has 24 heavy (non-hydrogen) atoms. The van der Waals surface area contributed by atoms with E-state index in [1.807, 2.05) is 29.8 Å². The van der Waals surface area contributed by atoms with Crippen LogP contribution in [0.4, 0.5) is 0 Å². The normalized spacial score (nSPS) is 13.7. The van der Waals surface area contributed by atoms with E-state index in [2.05, 4.69) is 16.3 Å². The van der Waals surface area contributed by atoms with E-state index in [9.17, 15) is 0 Å². The minimum Gasteiger partial charge on any atom is -0.453 e. The molecule has 0 aliphatic heterocycles. The lowest BCUT2D eigenvalue weighted by atomic mass is 10.2. The zero-order valence-corrected chi connectivity index (χ0v) is 13.3. The van der Waals surface area contributed by atoms with Crippen LogP contribution in [-0.4, -0.2) is 14.9 Å². The Balaban J connectivity index is 1.66. The second-order valence-corrected chi connectivity index (χ2v) is 5.96. The van der Waals surface area contributed by atoms with Crippen LogP contribution in [0, 0.1) is 18.3 Å². The van der Waals surface area contributed by atoms with Crippen LogP contribution >= 0.6 is 0 Å². The predicted molar refractivity (Wildman–Crippen MR) is 85.8 cm³/mol. The Bertz CT molecular complexity index is 884. The van der Waals surface area contributed by atoms with Gasteiger partial charge in [0.15, 0.2) is 5.75 Å². The molecule has 0 atom stereocenters. The van der Waals surface area contributed by atoms with E-state index >= 15 is 0 Å². The number of aryl methyl sites for hydroxylation is 1. The summed E-state index contributed by atoms with van der Waals surface area (Å²) in [6, 6.07) is 11.1. The number of hydrogen-bond acceptors (Lipinski definition) is 5. The van der Waals surface area contributed by atoms with Crippen molar-refractivity contribution in [2.24, 2.45) is 0 Å². The zero-order valence-electron chi connectivity index (χ0n) is 13.3. The second-order valence-electron chi connectivity index (χ2n) is 5.96. The highest BCUT2D eigenvalue weighted by Crippen LogP contribution is 2.46. The highest BCUT2D eigenvalue weighted by atomic mass is 16.5. The van der Waals surface area contributed by atoms with E-state index in [-0.39, 0.29) is 0 Å². The summed E-state index contributed by atoms with van der Waals surface area (Å²) >= 11 is 0. The van der Waals surface area contributed by atoms with Gasteiger partial charge < -0.3 is 9.26 Å². The molecule has 0 radical (unpaired) electrons. The van der Waals surface area contributed by atoms with Gasteiger partial charge in [0.05, 0.1) is 23.9 Å². The first-order valence-electron chi connectivity index (χ1n) is 7.89. The highest BCUT2D eigenvalue weighted by Gasteiger charge is 2.33. The number of benzene rings is 1. The van der Waals surface area contributed by atoms with Crippen molar-refractivity contribution in [3.05, 3.63) is 59.2 Å². The van der Waals surface area contributed by atoms with Gasteiger partial charge >= 0.3 is 0 Å². The molecule has 0 bridgehead atoms. The van der Waals surface area contributed by atoms with Crippen LogP contribution in [-0.2, 0) is 6.54 Å². The fourth-order valence-corrected chi connectivity index (χ4v) is 2.77. The molecule has 0 N–H and O–H groups in total. The first-order valence-corrected chi connectivity index (χ1v) is 7.89. The second kappa shape index (κ2) is 5.85. The van der Waals surface area contributed by atoms with Crippen molar-refractivity contribution in [1.82, 2.24) is 14.9 Å². The van der Waals surface area contributed by atoms with Crippen LogP contribution in [0.5, 0.6) is 11.5 Å². The van der Waals surface area contributed by atoms with Gasteiger partial charge in [-0.1, -0.05) is 5.16 Å². The van der Waals surface area contributed by atoms with Crippen LogP contribution < -0.4 is 4.74 Å². The van der Waals surface area contributed by atoms with Crippen molar-refractivity contribution in [2.45, 2.75) is 32.2 Å². The topological polar surface area (TPSA) is 76.9 Å². The van der Waals surface area contributed by atoms with E-state index in [0.29, 0.717) is 23.8 Å². The van der Waals surface area contributed by atoms with Gasteiger partial charge in [-0.15, -0.1) is 0 Å². The molecule has 1 aliphatic carbocycles. The average molecular weight is 320 g/mol. The Kier molecular flexibility index (Phi) is 3.54. The third-order valence-corrected chi connectivity index (χ3v) is 4.08. The Morgan fingerprint density at radius 1 is 1.29 bits per heavy atom. The summed E-state index contributed by atoms with van der Waals surface area (Å²) in [5, 5.41) is 17.5. The minimum atomic E-state index is 0.478. The summed E-state index contributed by atoms with van der Waals surface area (Å²) in [6.45, 7) is 2.52. The molecule has 6 heteroatoms. The molecule has 4 rings (SSSR count). The van der Waals surface area contributed by atoms with E-state index in [4.69, 9.17) is 14.5 Å². The van der Waals surface area contributed by atoms with Crippen LogP contribution in [0.25, 0.3) is 0 Å². The molecule has 3 aromatic rings. The van der Waals surface area contributed by atoms with Gasteiger partial charge in [-0.2, -0.15) is 10.4 Å². The van der Waals surface area contributed by atoms with Crippen molar-refractivity contribution < 1.29 is 9.26 Å². The Morgan fingerprint density at radius 2 is 2.08 bits per heavy atom. The third kappa shape index (κ3) is 2.76. The van der Waals surface area contributed by atoms with Crippen LogP contribution in [0.3, 0.4) is 0 Å². The maximum atomic E-state index is 8.90. The van der Waals surface area contributed by atoms with Crippen molar-refractivity contribution in [3.63, 3.8) is 0 Å². The summed E-state index contributed by atoms with van der Waals surface area (Å²) in [4.78, 5) is 0. The standard InChI is InChI=1S/C18H16N4O2/c1-12-18(24-16-6-2-13(10-19)3-7-16)17(14-4-5-14)22(20-12)11-15-8-9-23-21-15/h2-3,6-9,14H,4-5,11H2,1H3. The predicted octanol–water partition coefficient (Wildman–Crippen LogP) is 3.77. The molecule has 0 amide bonds. The van der Waals surface area contributed by atoms with Crippen molar-refractivity contribution in [3.8, 4) is 17.6 Å². The molecular formula is C18H16N4O2. The Labute approximate surface area is 139 Å². The van der Waals surface area contributed by atoms with Gasteiger partial charge in [-0.25, -0.2) is 0 Å². The number of hydrogen-bond donors (Lipinski definition) is 0. The van der Waals surface area contributed by atoms with Gasteiger partial charge in [-0.05, 0) is 44.0 Å². The molecule has 2 heterocycles. The molecule has 1 saturated carbocycles. The maximum Gasteiger partial charge on any atom is 0.171 e. The van der Waals surface area contributed by atoms with Gasteiger partial charge in [-0.3, -0.25) is 4.68 Å². The lowest BCUT2D eigenvalue weighted by Crippen LogP contribution is -2.06. The average Bonchev–Trinajstić information content (AvgIpc) is 3.21. The SMILES string of the molecule is Cc1nn(Cc2ccon2)c(C2CC2)c1Oc1ccc(C#N)cc1. The molecule has 1 aromatic carbocycles. The Morgan fingerprint density at radius 3 is 2.71 bits per heavy atom. The summed E-state index contributed by atoms with van der Waals surface area (Å²) < 4.78 is 13.0. The molecule has 2 aromatic heterocycles. The molecule has 1 aliphatic rings. The van der Waals surface area contributed by atoms with E-state index < -0.39 is 0 Å². The molecule has 1 fully saturated rings. The number of ether oxygens (including phenoxy) is 1. The fraction of sp³-hybridized carbons (Fsp3) is 0.278. The summed E-state index contributed by atoms with van der Waals surface area (Å²) in [6.07, 6.45) is 3.86. The zero-order chi connectivity index (χ0) is 16.5. The Hall–Kier alpha value is -3.07. The molecule has 0 unspecified atom stereocenters. The molecule has 120 valence electrons. The maximum absolute atomic E-state index is 8.90. The first-order chi connectivity index (χ1) is 11.7. The van der Waals surface area contributed by atoms with Crippen molar-refractivity contribution >= 4 is 0 Å². The summed E-state index contributed by atoms with van der Waals surface area (Å²) in [5.41, 5.74) is 3.41. The molecular weight excluding hydrogens is 304 g/mol. The van der Waals surface area contributed by atoms with E-state index in [1.54, 1.807) is 18.4 Å². The fourth-order valence-electron chi connectivity index (χ4n) is 2.77.